The summed E-state index contributed by atoms with van der Waals surface area (Å²) < 4.78 is 52.7. The molecule has 28 heavy (non-hydrogen) atoms. The van der Waals surface area contributed by atoms with Crippen LogP contribution in [0.3, 0.4) is 0 Å². The molecular weight excluding hydrogens is 396 g/mol. The molecule has 1 saturated heterocycles. The molecule has 2 aromatic carbocycles. The lowest BCUT2D eigenvalue weighted by molar-refractivity contribution is 0.273. The molecule has 0 bridgehead atoms. The van der Waals surface area contributed by atoms with Gasteiger partial charge in [0.05, 0.1) is 9.79 Å². The Balaban J connectivity index is 1.67. The minimum atomic E-state index is -3.62. The third kappa shape index (κ3) is 4.46. The Kier molecular flexibility index (Phi) is 6.24. The van der Waals surface area contributed by atoms with E-state index in [0.29, 0.717) is 19.0 Å². The molecule has 2 aromatic rings. The van der Waals surface area contributed by atoms with Crippen molar-refractivity contribution >= 4 is 20.0 Å². The normalized spacial score (nSPS) is 17.1. The lowest BCUT2D eigenvalue weighted by Crippen LogP contribution is -2.38. The average Bonchev–Trinajstić information content (AvgIpc) is 2.69. The molecule has 0 aliphatic carbocycles. The molecule has 0 aromatic heterocycles. The average molecular weight is 423 g/mol. The van der Waals surface area contributed by atoms with E-state index in [4.69, 9.17) is 0 Å². The Morgan fingerprint density at radius 3 is 1.93 bits per heavy atom. The highest BCUT2D eigenvalue weighted by atomic mass is 32.2. The number of benzene rings is 2. The van der Waals surface area contributed by atoms with Crippen molar-refractivity contribution in [2.45, 2.75) is 29.1 Å². The van der Waals surface area contributed by atoms with Crippen LogP contribution in [0.1, 0.15) is 18.4 Å². The molecule has 0 unspecified atom stereocenters. The first-order valence-corrected chi connectivity index (χ1v) is 12.2. The van der Waals surface area contributed by atoms with Gasteiger partial charge in [0.1, 0.15) is 0 Å². The molecular formula is C20H26N2O4S2. The summed E-state index contributed by atoms with van der Waals surface area (Å²) in [5.41, 5.74) is 1.28. The molecule has 8 heteroatoms. The quantitative estimate of drug-likeness (QED) is 0.717. The first-order valence-electron chi connectivity index (χ1n) is 9.28. The molecule has 0 atom stereocenters. The van der Waals surface area contributed by atoms with E-state index in [9.17, 15) is 16.8 Å². The third-order valence-electron chi connectivity index (χ3n) is 5.18. The molecule has 3 rings (SSSR count). The zero-order valence-electron chi connectivity index (χ0n) is 16.2. The zero-order valence-corrected chi connectivity index (χ0v) is 17.8. The molecule has 0 spiro atoms. The fraction of sp³-hybridized carbons (Fsp3) is 0.400. The van der Waals surface area contributed by atoms with E-state index in [0.717, 1.165) is 23.6 Å². The molecule has 1 aliphatic heterocycles. The van der Waals surface area contributed by atoms with Crippen molar-refractivity contribution in [3.8, 4) is 0 Å². The van der Waals surface area contributed by atoms with Crippen LogP contribution in [0, 0.1) is 5.92 Å². The number of sulfonamides is 2. The van der Waals surface area contributed by atoms with E-state index in [-0.39, 0.29) is 9.79 Å². The van der Waals surface area contributed by atoms with Crippen molar-refractivity contribution in [3.05, 3.63) is 60.2 Å². The van der Waals surface area contributed by atoms with E-state index in [1.54, 1.807) is 0 Å². The van der Waals surface area contributed by atoms with Gasteiger partial charge < -0.3 is 0 Å². The molecule has 6 nitrogen and oxygen atoms in total. The maximum absolute atomic E-state index is 12.9. The second-order valence-electron chi connectivity index (χ2n) is 7.30. The Hall–Kier alpha value is -1.74. The van der Waals surface area contributed by atoms with E-state index in [1.165, 1.54) is 48.2 Å². The summed E-state index contributed by atoms with van der Waals surface area (Å²) in [4.78, 5) is 0.213. The van der Waals surface area contributed by atoms with Crippen molar-refractivity contribution in [1.29, 1.82) is 0 Å². The first kappa shape index (κ1) is 21.0. The van der Waals surface area contributed by atoms with E-state index >= 15 is 0 Å². The molecule has 0 saturated carbocycles. The van der Waals surface area contributed by atoms with Gasteiger partial charge in [-0.05, 0) is 55.0 Å². The summed E-state index contributed by atoms with van der Waals surface area (Å²) >= 11 is 0. The van der Waals surface area contributed by atoms with Crippen LogP contribution in [0.25, 0.3) is 0 Å². The maximum Gasteiger partial charge on any atom is 0.243 e. The monoisotopic (exact) mass is 422 g/mol. The molecule has 1 aliphatic rings. The molecule has 152 valence electrons. The van der Waals surface area contributed by atoms with Gasteiger partial charge in [-0.3, -0.25) is 0 Å². The summed E-state index contributed by atoms with van der Waals surface area (Å²) in [7, 11) is -4.30. The van der Waals surface area contributed by atoms with Crippen LogP contribution in [0.5, 0.6) is 0 Å². The lowest BCUT2D eigenvalue weighted by atomic mass is 9.91. The van der Waals surface area contributed by atoms with Gasteiger partial charge in [-0.1, -0.05) is 30.3 Å². The predicted molar refractivity (Wildman–Crippen MR) is 109 cm³/mol. The van der Waals surface area contributed by atoms with Crippen LogP contribution in [-0.2, 0) is 26.5 Å². The van der Waals surface area contributed by atoms with Gasteiger partial charge in [-0.15, -0.1) is 0 Å². The fourth-order valence-corrected chi connectivity index (χ4v) is 5.82. The summed E-state index contributed by atoms with van der Waals surface area (Å²) in [5, 5.41) is 0. The summed E-state index contributed by atoms with van der Waals surface area (Å²) in [5.74, 6) is 0.474. The summed E-state index contributed by atoms with van der Waals surface area (Å²) in [6, 6.07) is 15.7. The smallest absolute Gasteiger partial charge is 0.207 e. The fourth-order valence-electron chi connectivity index (χ4n) is 3.44. The van der Waals surface area contributed by atoms with Gasteiger partial charge in [0.25, 0.3) is 0 Å². The highest BCUT2D eigenvalue weighted by Crippen LogP contribution is 2.27. The van der Waals surface area contributed by atoms with E-state index in [1.807, 2.05) is 18.2 Å². The highest BCUT2D eigenvalue weighted by Gasteiger charge is 2.30. The number of nitrogens with zero attached hydrogens (tertiary/aromatic N) is 2. The Morgan fingerprint density at radius 2 is 1.39 bits per heavy atom. The maximum atomic E-state index is 12.9. The van der Waals surface area contributed by atoms with Crippen molar-refractivity contribution in [2.75, 3.05) is 27.2 Å². The number of hydrogen-bond acceptors (Lipinski definition) is 4. The Labute approximate surface area is 167 Å². The minimum absolute atomic E-state index is 0.0815. The molecule has 0 N–H and O–H groups in total. The minimum Gasteiger partial charge on any atom is -0.207 e. The SMILES string of the molecule is CN(C)S(=O)(=O)c1ccc(S(=O)(=O)N2CCC(Cc3ccccc3)CC2)cc1. The van der Waals surface area contributed by atoms with Gasteiger partial charge in [0.2, 0.25) is 20.0 Å². The van der Waals surface area contributed by atoms with Crippen molar-refractivity contribution in [1.82, 2.24) is 8.61 Å². The van der Waals surface area contributed by atoms with Gasteiger partial charge in [-0.2, -0.15) is 4.31 Å². The summed E-state index contributed by atoms with van der Waals surface area (Å²) in [6.45, 7) is 0.967. The van der Waals surface area contributed by atoms with Crippen LogP contribution < -0.4 is 0 Å². The van der Waals surface area contributed by atoms with Crippen molar-refractivity contribution in [3.63, 3.8) is 0 Å². The summed E-state index contributed by atoms with van der Waals surface area (Å²) in [6.07, 6.45) is 2.61. The second kappa shape index (κ2) is 8.32. The standard InChI is InChI=1S/C20H26N2O4S2/c1-21(2)27(23,24)19-8-10-20(11-9-19)28(25,26)22-14-12-18(13-15-22)16-17-6-4-3-5-7-17/h3-11,18H,12-16H2,1-2H3. The Bertz CT molecular complexity index is 994. The lowest BCUT2D eigenvalue weighted by Gasteiger charge is -2.31. The highest BCUT2D eigenvalue weighted by molar-refractivity contribution is 7.89. The van der Waals surface area contributed by atoms with Crippen LogP contribution in [-0.4, -0.2) is 52.6 Å². The number of rotatable bonds is 6. The largest absolute Gasteiger partial charge is 0.243 e. The molecule has 1 heterocycles. The number of hydrogen-bond donors (Lipinski definition) is 0. The van der Waals surface area contributed by atoms with Crippen LogP contribution in [0.2, 0.25) is 0 Å². The Morgan fingerprint density at radius 1 is 0.857 bits per heavy atom. The molecule has 1 fully saturated rings. The molecule has 0 amide bonds. The van der Waals surface area contributed by atoms with Crippen LogP contribution >= 0.6 is 0 Å². The first-order chi connectivity index (χ1) is 13.2. The zero-order chi connectivity index (χ0) is 20.4. The number of piperidine rings is 1. The van der Waals surface area contributed by atoms with Gasteiger partial charge in [0.15, 0.2) is 0 Å². The van der Waals surface area contributed by atoms with Gasteiger partial charge in [-0.25, -0.2) is 21.1 Å². The van der Waals surface area contributed by atoms with E-state index < -0.39 is 20.0 Å². The van der Waals surface area contributed by atoms with Crippen molar-refractivity contribution < 1.29 is 16.8 Å². The predicted octanol–water partition coefficient (Wildman–Crippen LogP) is 2.58. The topological polar surface area (TPSA) is 74.8 Å². The van der Waals surface area contributed by atoms with Crippen molar-refractivity contribution in [2.24, 2.45) is 5.92 Å². The van der Waals surface area contributed by atoms with Gasteiger partial charge >= 0.3 is 0 Å². The van der Waals surface area contributed by atoms with Crippen LogP contribution in [0.15, 0.2) is 64.4 Å². The van der Waals surface area contributed by atoms with Gasteiger partial charge in [0, 0.05) is 27.2 Å². The second-order valence-corrected chi connectivity index (χ2v) is 11.4. The third-order valence-corrected chi connectivity index (χ3v) is 8.92. The van der Waals surface area contributed by atoms with E-state index in [2.05, 4.69) is 12.1 Å². The van der Waals surface area contributed by atoms with Crippen LogP contribution in [0.4, 0.5) is 0 Å². The molecule has 0 radical (unpaired) electrons.